The molecule has 0 heterocycles. The van der Waals surface area contributed by atoms with E-state index < -0.39 is 9.84 Å². The van der Waals surface area contributed by atoms with Gasteiger partial charge in [-0.25, -0.2) is 8.42 Å². The molecule has 0 atom stereocenters. The average Bonchev–Trinajstić information content (AvgIpc) is 2.01. The van der Waals surface area contributed by atoms with Crippen LogP contribution in [0, 0.1) is 0 Å². The second-order valence-electron chi connectivity index (χ2n) is 2.46. The van der Waals surface area contributed by atoms with Crippen molar-refractivity contribution < 1.29 is 8.42 Å². The van der Waals surface area contributed by atoms with Crippen molar-refractivity contribution in [3.05, 3.63) is 47.9 Å². The quantitative estimate of drug-likeness (QED) is 0.649. The Kier molecular flexibility index (Phi) is 5.07. The Morgan fingerprint density at radius 2 is 1.92 bits per heavy atom. The van der Waals surface area contributed by atoms with Gasteiger partial charge in [-0.1, -0.05) is 30.9 Å². The summed E-state index contributed by atoms with van der Waals surface area (Å²) in [5, 5.41) is 0. The van der Waals surface area contributed by atoms with Crippen LogP contribution in [0.25, 0.3) is 0 Å². The van der Waals surface area contributed by atoms with Crippen LogP contribution in [0.15, 0.2) is 47.9 Å². The predicted molar refractivity (Wildman–Crippen MR) is 57.1 cm³/mol. The summed E-state index contributed by atoms with van der Waals surface area (Å²) in [6.45, 7) is 5.31. The van der Waals surface area contributed by atoms with E-state index in [0.717, 1.165) is 0 Å². The molecule has 13 heavy (non-hydrogen) atoms. The van der Waals surface area contributed by atoms with E-state index in [1.54, 1.807) is 12.2 Å². The maximum Gasteiger partial charge on any atom is 0.175 e. The molecule has 0 aliphatic carbocycles. The SMILES string of the molecule is C=C\C=C(/C=C\C=C/C)S(C)(=O)=O. The van der Waals surface area contributed by atoms with Crippen LogP contribution in [0.4, 0.5) is 0 Å². The molecule has 0 aliphatic heterocycles. The third-order valence-electron chi connectivity index (χ3n) is 1.27. The van der Waals surface area contributed by atoms with Crippen LogP contribution in [0.1, 0.15) is 6.92 Å². The molecule has 72 valence electrons. The summed E-state index contributed by atoms with van der Waals surface area (Å²) in [5.74, 6) is 0. The first-order valence-electron chi connectivity index (χ1n) is 3.84. The van der Waals surface area contributed by atoms with Gasteiger partial charge in [-0.3, -0.25) is 0 Å². The first-order chi connectivity index (χ1) is 6.02. The van der Waals surface area contributed by atoms with Crippen LogP contribution in [-0.2, 0) is 9.84 Å². The molecular formula is C10H14O2S. The zero-order chi connectivity index (χ0) is 10.3. The van der Waals surface area contributed by atoms with Gasteiger partial charge in [-0.15, -0.1) is 0 Å². The summed E-state index contributed by atoms with van der Waals surface area (Å²) >= 11 is 0. The molecule has 0 fully saturated rings. The van der Waals surface area contributed by atoms with Crippen molar-refractivity contribution in [3.63, 3.8) is 0 Å². The van der Waals surface area contributed by atoms with Gasteiger partial charge < -0.3 is 0 Å². The van der Waals surface area contributed by atoms with Gasteiger partial charge in [0, 0.05) is 6.26 Å². The smallest absolute Gasteiger partial charge is 0.175 e. The fourth-order valence-electron chi connectivity index (χ4n) is 0.680. The van der Waals surface area contributed by atoms with Crippen LogP contribution in [0.3, 0.4) is 0 Å². The Morgan fingerprint density at radius 1 is 1.31 bits per heavy atom. The zero-order valence-corrected chi connectivity index (χ0v) is 8.71. The highest BCUT2D eigenvalue weighted by Crippen LogP contribution is 2.06. The van der Waals surface area contributed by atoms with E-state index in [1.807, 2.05) is 13.0 Å². The minimum absolute atomic E-state index is 0.264. The fraction of sp³-hybridized carbons (Fsp3) is 0.200. The molecule has 0 saturated carbocycles. The van der Waals surface area contributed by atoms with Crippen LogP contribution in [0.5, 0.6) is 0 Å². The maximum atomic E-state index is 11.1. The molecule has 0 aromatic heterocycles. The molecule has 0 spiro atoms. The Morgan fingerprint density at radius 3 is 2.31 bits per heavy atom. The Labute approximate surface area is 79.9 Å². The summed E-state index contributed by atoms with van der Waals surface area (Å²) in [7, 11) is -3.14. The molecule has 0 radical (unpaired) electrons. The maximum absolute atomic E-state index is 11.1. The van der Waals surface area contributed by atoms with Crippen LogP contribution < -0.4 is 0 Å². The van der Waals surface area contributed by atoms with Gasteiger partial charge in [-0.2, -0.15) is 0 Å². The summed E-state index contributed by atoms with van der Waals surface area (Å²) in [5.41, 5.74) is 0. The van der Waals surface area contributed by atoms with Gasteiger partial charge in [0.2, 0.25) is 0 Å². The molecule has 0 aliphatic rings. The molecule has 0 N–H and O–H groups in total. The topological polar surface area (TPSA) is 34.1 Å². The van der Waals surface area contributed by atoms with Crippen LogP contribution in [0.2, 0.25) is 0 Å². The van der Waals surface area contributed by atoms with E-state index in [0.29, 0.717) is 0 Å². The van der Waals surface area contributed by atoms with E-state index in [9.17, 15) is 8.42 Å². The molecule has 0 aromatic carbocycles. The Bertz CT molecular complexity index is 343. The van der Waals surface area contributed by atoms with E-state index >= 15 is 0 Å². The average molecular weight is 198 g/mol. The zero-order valence-electron chi connectivity index (χ0n) is 7.90. The highest BCUT2D eigenvalue weighted by atomic mass is 32.2. The normalized spacial score (nSPS) is 14.2. The van der Waals surface area contributed by atoms with Crippen molar-refractivity contribution >= 4 is 9.84 Å². The van der Waals surface area contributed by atoms with Crippen molar-refractivity contribution in [1.82, 2.24) is 0 Å². The number of hydrogen-bond donors (Lipinski definition) is 0. The van der Waals surface area contributed by atoms with Crippen molar-refractivity contribution in [2.24, 2.45) is 0 Å². The monoisotopic (exact) mass is 198 g/mol. The van der Waals surface area contributed by atoms with E-state index in [-0.39, 0.29) is 4.91 Å². The summed E-state index contributed by atoms with van der Waals surface area (Å²) in [6.07, 6.45) is 10.9. The third-order valence-corrected chi connectivity index (χ3v) is 2.40. The molecule has 0 unspecified atom stereocenters. The minimum Gasteiger partial charge on any atom is -0.224 e. The molecular weight excluding hydrogens is 184 g/mol. The number of allylic oxidation sites excluding steroid dienone is 6. The standard InChI is InChI=1S/C10H14O2S/c1-4-6-7-9-10(8-5-2)13(3,11)12/h4-9H,2H2,1,3H3/b6-4-,9-7-,10-8+. The summed E-state index contributed by atoms with van der Waals surface area (Å²) in [6, 6.07) is 0. The Hall–Kier alpha value is -1.09. The number of rotatable bonds is 4. The third kappa shape index (κ3) is 5.20. The fourth-order valence-corrected chi connectivity index (χ4v) is 1.35. The van der Waals surface area contributed by atoms with Crippen LogP contribution >= 0.6 is 0 Å². The lowest BCUT2D eigenvalue weighted by Crippen LogP contribution is -1.97. The highest BCUT2D eigenvalue weighted by Gasteiger charge is 2.04. The lowest BCUT2D eigenvalue weighted by Gasteiger charge is -1.95. The van der Waals surface area contributed by atoms with Gasteiger partial charge >= 0.3 is 0 Å². The lowest BCUT2D eigenvalue weighted by molar-refractivity contribution is 0.608. The van der Waals surface area contributed by atoms with E-state index in [2.05, 4.69) is 6.58 Å². The first-order valence-corrected chi connectivity index (χ1v) is 5.73. The Balaban J connectivity index is 4.87. The second kappa shape index (κ2) is 5.54. The van der Waals surface area contributed by atoms with Crippen molar-refractivity contribution in [3.8, 4) is 0 Å². The molecule has 3 heteroatoms. The van der Waals surface area contributed by atoms with Crippen molar-refractivity contribution in [1.29, 1.82) is 0 Å². The minimum atomic E-state index is -3.14. The van der Waals surface area contributed by atoms with Gasteiger partial charge in [0.25, 0.3) is 0 Å². The van der Waals surface area contributed by atoms with E-state index in [1.165, 1.54) is 24.5 Å². The lowest BCUT2D eigenvalue weighted by atomic mass is 10.4. The van der Waals surface area contributed by atoms with Crippen LogP contribution in [-0.4, -0.2) is 14.7 Å². The van der Waals surface area contributed by atoms with Gasteiger partial charge in [-0.05, 0) is 19.1 Å². The number of hydrogen-bond acceptors (Lipinski definition) is 2. The predicted octanol–water partition coefficient (Wildman–Crippen LogP) is 2.23. The first kappa shape index (κ1) is 11.9. The highest BCUT2D eigenvalue weighted by molar-refractivity contribution is 7.94. The summed E-state index contributed by atoms with van der Waals surface area (Å²) < 4.78 is 22.2. The van der Waals surface area contributed by atoms with Crippen molar-refractivity contribution in [2.45, 2.75) is 6.92 Å². The van der Waals surface area contributed by atoms with Crippen molar-refractivity contribution in [2.75, 3.05) is 6.26 Å². The van der Waals surface area contributed by atoms with Gasteiger partial charge in [0.1, 0.15) is 0 Å². The largest absolute Gasteiger partial charge is 0.224 e. The molecule has 0 aromatic rings. The van der Waals surface area contributed by atoms with E-state index in [4.69, 9.17) is 0 Å². The number of sulfone groups is 1. The molecule has 2 nitrogen and oxygen atoms in total. The molecule has 0 saturated heterocycles. The molecule has 0 amide bonds. The summed E-state index contributed by atoms with van der Waals surface area (Å²) in [4.78, 5) is 0.264. The molecule has 0 rings (SSSR count). The second-order valence-corrected chi connectivity index (χ2v) is 4.48. The molecule has 0 bridgehead atoms. The van der Waals surface area contributed by atoms with Gasteiger partial charge in [0.15, 0.2) is 9.84 Å². The van der Waals surface area contributed by atoms with Gasteiger partial charge in [0.05, 0.1) is 4.91 Å².